The van der Waals surface area contributed by atoms with E-state index in [1.54, 1.807) is 17.7 Å². The van der Waals surface area contributed by atoms with Crippen molar-refractivity contribution in [2.75, 3.05) is 5.32 Å². The molecule has 0 atom stereocenters. The Morgan fingerprint density at radius 2 is 2.29 bits per heavy atom. The second-order valence-electron chi connectivity index (χ2n) is 3.37. The maximum absolute atomic E-state index is 4.20. The average Bonchev–Trinajstić information content (AvgIpc) is 2.95. The van der Waals surface area contributed by atoms with E-state index >= 15 is 0 Å². The quantitative estimate of drug-likeness (QED) is 0.780. The van der Waals surface area contributed by atoms with Gasteiger partial charge in [0.1, 0.15) is 11.8 Å². The van der Waals surface area contributed by atoms with Crippen molar-refractivity contribution in [1.82, 2.24) is 19.9 Å². The molecule has 0 aliphatic carbocycles. The summed E-state index contributed by atoms with van der Waals surface area (Å²) in [6.07, 6.45) is 3.13. The van der Waals surface area contributed by atoms with E-state index in [9.17, 15) is 0 Å². The maximum Gasteiger partial charge on any atom is 0.182 e. The summed E-state index contributed by atoms with van der Waals surface area (Å²) in [7, 11) is 0. The SMILES string of the molecule is Brc1ccsc1CNc1ncnc2nc[nH]c12. The van der Waals surface area contributed by atoms with E-state index in [1.165, 1.54) is 11.2 Å². The van der Waals surface area contributed by atoms with Crippen molar-refractivity contribution in [2.24, 2.45) is 0 Å². The Labute approximate surface area is 109 Å². The molecule has 5 nitrogen and oxygen atoms in total. The number of hydrogen-bond acceptors (Lipinski definition) is 5. The molecule has 86 valence electrons. The average molecular weight is 310 g/mol. The van der Waals surface area contributed by atoms with Crippen molar-refractivity contribution in [3.05, 3.63) is 33.5 Å². The Morgan fingerprint density at radius 3 is 3.12 bits per heavy atom. The maximum atomic E-state index is 4.20. The molecule has 0 saturated heterocycles. The molecule has 0 amide bonds. The third-order valence-electron chi connectivity index (χ3n) is 2.33. The molecule has 0 bridgehead atoms. The summed E-state index contributed by atoms with van der Waals surface area (Å²) in [5.74, 6) is 0.771. The van der Waals surface area contributed by atoms with Gasteiger partial charge in [0.15, 0.2) is 11.5 Å². The van der Waals surface area contributed by atoms with Gasteiger partial charge in [0, 0.05) is 9.35 Å². The lowest BCUT2D eigenvalue weighted by Crippen LogP contribution is -2.01. The summed E-state index contributed by atoms with van der Waals surface area (Å²) in [5, 5.41) is 5.32. The van der Waals surface area contributed by atoms with Crippen molar-refractivity contribution in [2.45, 2.75) is 6.54 Å². The van der Waals surface area contributed by atoms with Gasteiger partial charge >= 0.3 is 0 Å². The molecule has 0 spiro atoms. The summed E-state index contributed by atoms with van der Waals surface area (Å²) >= 11 is 5.20. The first-order valence-corrected chi connectivity index (χ1v) is 6.61. The van der Waals surface area contributed by atoms with Crippen LogP contribution in [0, 0.1) is 0 Å². The van der Waals surface area contributed by atoms with Gasteiger partial charge in [0.05, 0.1) is 12.9 Å². The molecule has 0 aliphatic rings. The minimum Gasteiger partial charge on any atom is -0.363 e. The number of fused-ring (bicyclic) bond motifs is 1. The largest absolute Gasteiger partial charge is 0.363 e. The van der Waals surface area contributed by atoms with Crippen LogP contribution in [0.3, 0.4) is 0 Å². The lowest BCUT2D eigenvalue weighted by Gasteiger charge is -2.04. The third-order valence-corrected chi connectivity index (χ3v) is 4.26. The molecule has 0 saturated carbocycles. The highest BCUT2D eigenvalue weighted by molar-refractivity contribution is 9.10. The highest BCUT2D eigenvalue weighted by atomic mass is 79.9. The van der Waals surface area contributed by atoms with Gasteiger partial charge in [0.25, 0.3) is 0 Å². The third kappa shape index (κ3) is 2.03. The van der Waals surface area contributed by atoms with Gasteiger partial charge in [-0.1, -0.05) is 0 Å². The van der Waals surface area contributed by atoms with Crippen molar-refractivity contribution >= 4 is 44.2 Å². The fraction of sp³-hybridized carbons (Fsp3) is 0.100. The zero-order chi connectivity index (χ0) is 11.7. The van der Waals surface area contributed by atoms with E-state index < -0.39 is 0 Å². The Hall–Kier alpha value is -1.47. The summed E-state index contributed by atoms with van der Waals surface area (Å²) in [6.45, 7) is 0.726. The van der Waals surface area contributed by atoms with Gasteiger partial charge in [-0.05, 0) is 27.4 Å². The first-order valence-electron chi connectivity index (χ1n) is 4.94. The number of nitrogens with one attached hydrogen (secondary N) is 2. The molecule has 0 radical (unpaired) electrons. The summed E-state index contributed by atoms with van der Waals surface area (Å²) in [4.78, 5) is 16.6. The highest BCUT2D eigenvalue weighted by Gasteiger charge is 2.06. The molecule has 7 heteroatoms. The molecule has 17 heavy (non-hydrogen) atoms. The van der Waals surface area contributed by atoms with Crippen LogP contribution in [0.2, 0.25) is 0 Å². The van der Waals surface area contributed by atoms with Crippen LogP contribution in [0.1, 0.15) is 4.88 Å². The van der Waals surface area contributed by atoms with Crippen LogP contribution < -0.4 is 5.32 Å². The normalized spacial score (nSPS) is 10.9. The van der Waals surface area contributed by atoms with Crippen molar-refractivity contribution in [3.63, 3.8) is 0 Å². The van der Waals surface area contributed by atoms with Gasteiger partial charge in [-0.2, -0.15) is 0 Å². The Bertz CT molecular complexity index is 647. The minimum atomic E-state index is 0.674. The van der Waals surface area contributed by atoms with Crippen LogP contribution in [0.4, 0.5) is 5.82 Å². The Kier molecular flexibility index (Phi) is 2.77. The lowest BCUT2D eigenvalue weighted by atomic mass is 10.4. The molecular weight excluding hydrogens is 302 g/mol. The molecule has 3 aromatic heterocycles. The number of hydrogen-bond donors (Lipinski definition) is 2. The standard InChI is InChI=1S/C10H8BrN5S/c11-6-1-2-17-7(6)3-12-9-8-10(14-4-13-8)16-5-15-9/h1-2,4-5H,3H2,(H2,12,13,14,15,16). The molecule has 3 heterocycles. The number of imidazole rings is 1. The Morgan fingerprint density at radius 1 is 1.35 bits per heavy atom. The van der Waals surface area contributed by atoms with E-state index in [1.807, 2.05) is 11.4 Å². The van der Waals surface area contributed by atoms with Crippen molar-refractivity contribution < 1.29 is 0 Å². The number of H-pyrrole nitrogens is 1. The molecule has 0 fully saturated rings. The molecule has 0 aromatic carbocycles. The van der Waals surface area contributed by atoms with E-state index in [0.717, 1.165) is 22.4 Å². The topological polar surface area (TPSA) is 66.5 Å². The number of aromatic amines is 1. The fourth-order valence-electron chi connectivity index (χ4n) is 1.51. The molecule has 0 aliphatic heterocycles. The number of rotatable bonds is 3. The van der Waals surface area contributed by atoms with Gasteiger partial charge in [0.2, 0.25) is 0 Å². The van der Waals surface area contributed by atoms with E-state index in [0.29, 0.717) is 5.65 Å². The second-order valence-corrected chi connectivity index (χ2v) is 5.22. The van der Waals surface area contributed by atoms with Crippen LogP contribution >= 0.6 is 27.3 Å². The highest BCUT2D eigenvalue weighted by Crippen LogP contribution is 2.24. The van der Waals surface area contributed by atoms with E-state index in [4.69, 9.17) is 0 Å². The molecule has 2 N–H and O–H groups in total. The predicted octanol–water partition coefficient (Wildman–Crippen LogP) is 2.79. The van der Waals surface area contributed by atoms with Crippen LogP contribution in [-0.2, 0) is 6.54 Å². The summed E-state index contributed by atoms with van der Waals surface area (Å²) in [6, 6.07) is 2.04. The van der Waals surface area contributed by atoms with Crippen LogP contribution in [0.5, 0.6) is 0 Å². The smallest absolute Gasteiger partial charge is 0.182 e. The monoisotopic (exact) mass is 309 g/mol. The first kappa shape index (κ1) is 10.7. The Balaban J connectivity index is 1.86. The van der Waals surface area contributed by atoms with Gasteiger partial charge in [-0.3, -0.25) is 0 Å². The molecule has 3 aromatic rings. The van der Waals surface area contributed by atoms with Crippen LogP contribution in [-0.4, -0.2) is 19.9 Å². The zero-order valence-corrected chi connectivity index (χ0v) is 11.0. The minimum absolute atomic E-state index is 0.674. The van der Waals surface area contributed by atoms with Crippen LogP contribution in [0.25, 0.3) is 11.2 Å². The molecule has 0 unspecified atom stereocenters. The number of anilines is 1. The summed E-state index contributed by atoms with van der Waals surface area (Å²) in [5.41, 5.74) is 1.51. The zero-order valence-electron chi connectivity index (χ0n) is 8.64. The fourth-order valence-corrected chi connectivity index (χ4v) is 2.95. The first-order chi connectivity index (χ1) is 8.34. The number of thiophene rings is 1. The van der Waals surface area contributed by atoms with Crippen molar-refractivity contribution in [3.8, 4) is 0 Å². The van der Waals surface area contributed by atoms with Crippen LogP contribution in [0.15, 0.2) is 28.6 Å². The number of aromatic nitrogens is 4. The van der Waals surface area contributed by atoms with Crippen molar-refractivity contribution in [1.29, 1.82) is 0 Å². The molecule has 3 rings (SSSR count). The summed E-state index contributed by atoms with van der Waals surface area (Å²) < 4.78 is 1.12. The second kappa shape index (κ2) is 4.42. The lowest BCUT2D eigenvalue weighted by molar-refractivity contribution is 1.11. The molecular formula is C10H8BrN5S. The van der Waals surface area contributed by atoms with Gasteiger partial charge < -0.3 is 10.3 Å². The number of halogens is 1. The van der Waals surface area contributed by atoms with Gasteiger partial charge in [-0.15, -0.1) is 11.3 Å². The predicted molar refractivity (Wildman–Crippen MR) is 71.0 cm³/mol. The van der Waals surface area contributed by atoms with E-state index in [2.05, 4.69) is 41.2 Å². The van der Waals surface area contributed by atoms with E-state index in [-0.39, 0.29) is 0 Å². The van der Waals surface area contributed by atoms with Gasteiger partial charge in [-0.25, -0.2) is 15.0 Å². The number of nitrogens with zero attached hydrogens (tertiary/aromatic N) is 3.